The molecule has 0 aliphatic carbocycles. The number of halogens is 1. The lowest BCUT2D eigenvalue weighted by Crippen LogP contribution is -2.47. The Morgan fingerprint density at radius 3 is 2.95 bits per heavy atom. The summed E-state index contributed by atoms with van der Waals surface area (Å²) in [5.41, 5.74) is -0.00780. The number of carbonyl (C=O) groups is 1. The summed E-state index contributed by atoms with van der Waals surface area (Å²) in [6, 6.07) is 3.86. The Morgan fingerprint density at radius 1 is 1.53 bits per heavy atom. The fraction of sp³-hybridized carbons (Fsp3) is 0.500. The van der Waals surface area contributed by atoms with Crippen LogP contribution in [0.1, 0.15) is 30.1 Å². The smallest absolute Gasteiger partial charge is 0.255 e. The van der Waals surface area contributed by atoms with Gasteiger partial charge in [0.1, 0.15) is 11.6 Å². The monoisotopic (exact) mass is 266 g/mol. The van der Waals surface area contributed by atoms with Gasteiger partial charge in [-0.3, -0.25) is 4.79 Å². The molecule has 0 aromatic heterocycles. The minimum Gasteiger partial charge on any atom is -0.507 e. The van der Waals surface area contributed by atoms with Crippen molar-refractivity contribution in [2.45, 2.75) is 31.8 Å². The summed E-state index contributed by atoms with van der Waals surface area (Å²) >= 11 is 0. The lowest BCUT2D eigenvalue weighted by Gasteiger charge is -2.35. The molecule has 1 amide bonds. The van der Waals surface area contributed by atoms with E-state index >= 15 is 0 Å². The number of carbonyl (C=O) groups excluding carboxylic acids is 1. The van der Waals surface area contributed by atoms with Gasteiger partial charge in [0.15, 0.2) is 0 Å². The molecule has 2 N–H and O–H groups in total. The molecule has 1 saturated heterocycles. The summed E-state index contributed by atoms with van der Waals surface area (Å²) in [5, 5.41) is 12.5. The van der Waals surface area contributed by atoms with Gasteiger partial charge in [-0.15, -0.1) is 0 Å². The summed E-state index contributed by atoms with van der Waals surface area (Å²) in [6.07, 6.45) is 1.72. The van der Waals surface area contributed by atoms with Gasteiger partial charge < -0.3 is 15.3 Å². The number of piperidine rings is 1. The largest absolute Gasteiger partial charge is 0.507 e. The van der Waals surface area contributed by atoms with Crippen molar-refractivity contribution >= 4 is 5.91 Å². The number of amides is 1. The highest BCUT2D eigenvalue weighted by Gasteiger charge is 2.25. The summed E-state index contributed by atoms with van der Waals surface area (Å²) in [5.74, 6) is -1.14. The molecule has 1 aliphatic heterocycles. The van der Waals surface area contributed by atoms with Crippen LogP contribution in [-0.2, 0) is 0 Å². The standard InChI is InChI=1S/C14H19FN2O2/c1-9-7-11(5-6-17(9)2)16-14(19)12-8-10(15)3-4-13(12)18/h3-4,8-9,11,18H,5-7H2,1-2H3,(H,16,19). The number of nitrogens with zero attached hydrogens (tertiary/aromatic N) is 1. The molecule has 1 heterocycles. The number of phenolic OH excluding ortho intramolecular Hbond substituents is 1. The number of rotatable bonds is 2. The van der Waals surface area contributed by atoms with Crippen LogP contribution in [0, 0.1) is 5.82 Å². The zero-order chi connectivity index (χ0) is 14.0. The van der Waals surface area contributed by atoms with Crippen molar-refractivity contribution in [1.29, 1.82) is 0 Å². The lowest BCUT2D eigenvalue weighted by molar-refractivity contribution is 0.0893. The average Bonchev–Trinajstić information content (AvgIpc) is 2.36. The Kier molecular flexibility index (Phi) is 4.04. The molecule has 1 aromatic rings. The molecular weight excluding hydrogens is 247 g/mol. The minimum atomic E-state index is -0.528. The van der Waals surface area contributed by atoms with E-state index in [0.717, 1.165) is 31.5 Å². The quantitative estimate of drug-likeness (QED) is 0.857. The SMILES string of the molecule is CC1CC(NC(=O)c2cc(F)ccc2O)CCN1C. The number of likely N-dealkylation sites (tertiary alicyclic amines) is 1. The first kappa shape index (κ1) is 13.8. The first-order chi connectivity index (χ1) is 8.97. The highest BCUT2D eigenvalue weighted by Crippen LogP contribution is 2.20. The second-order valence-corrected chi connectivity index (χ2v) is 5.19. The molecule has 1 aromatic carbocycles. The highest BCUT2D eigenvalue weighted by molar-refractivity contribution is 5.96. The molecule has 1 fully saturated rings. The summed E-state index contributed by atoms with van der Waals surface area (Å²) < 4.78 is 13.1. The van der Waals surface area contributed by atoms with Crippen molar-refractivity contribution in [2.75, 3.05) is 13.6 Å². The van der Waals surface area contributed by atoms with Gasteiger partial charge in [-0.1, -0.05) is 0 Å². The first-order valence-electron chi connectivity index (χ1n) is 6.47. The molecule has 5 heteroatoms. The van der Waals surface area contributed by atoms with E-state index in [1.807, 2.05) is 0 Å². The Morgan fingerprint density at radius 2 is 2.26 bits per heavy atom. The van der Waals surface area contributed by atoms with Gasteiger partial charge in [-0.2, -0.15) is 0 Å². The zero-order valence-corrected chi connectivity index (χ0v) is 11.2. The van der Waals surface area contributed by atoms with Crippen LogP contribution in [0.5, 0.6) is 5.75 Å². The number of hydrogen-bond donors (Lipinski definition) is 2. The molecule has 0 bridgehead atoms. The van der Waals surface area contributed by atoms with Gasteiger partial charge >= 0.3 is 0 Å². The van der Waals surface area contributed by atoms with Crippen molar-refractivity contribution < 1.29 is 14.3 Å². The van der Waals surface area contributed by atoms with Gasteiger partial charge in [-0.25, -0.2) is 4.39 Å². The molecule has 0 radical (unpaired) electrons. The third kappa shape index (κ3) is 3.23. The van der Waals surface area contributed by atoms with E-state index in [-0.39, 0.29) is 17.4 Å². The van der Waals surface area contributed by atoms with Crippen LogP contribution < -0.4 is 5.32 Å². The van der Waals surface area contributed by atoms with E-state index in [1.54, 1.807) is 0 Å². The van der Waals surface area contributed by atoms with Crippen molar-refractivity contribution in [3.63, 3.8) is 0 Å². The van der Waals surface area contributed by atoms with Crippen LogP contribution >= 0.6 is 0 Å². The molecule has 2 atom stereocenters. The topological polar surface area (TPSA) is 52.6 Å². The summed E-state index contributed by atoms with van der Waals surface area (Å²) in [4.78, 5) is 14.3. The van der Waals surface area contributed by atoms with E-state index in [9.17, 15) is 14.3 Å². The molecule has 104 valence electrons. The Balaban J connectivity index is 2.03. The number of hydrogen-bond acceptors (Lipinski definition) is 3. The Bertz CT molecular complexity index is 479. The van der Waals surface area contributed by atoms with Crippen LogP contribution in [0.3, 0.4) is 0 Å². The summed E-state index contributed by atoms with van der Waals surface area (Å²) in [7, 11) is 2.06. The second kappa shape index (κ2) is 5.57. The van der Waals surface area contributed by atoms with E-state index in [1.165, 1.54) is 6.07 Å². The Labute approximate surface area is 112 Å². The van der Waals surface area contributed by atoms with Crippen LogP contribution in [-0.4, -0.2) is 41.6 Å². The maximum absolute atomic E-state index is 13.1. The van der Waals surface area contributed by atoms with E-state index in [4.69, 9.17) is 0 Å². The lowest BCUT2D eigenvalue weighted by atomic mass is 9.98. The molecule has 2 unspecified atom stereocenters. The number of aromatic hydroxyl groups is 1. The van der Waals surface area contributed by atoms with Crippen molar-refractivity contribution in [3.8, 4) is 5.75 Å². The van der Waals surface area contributed by atoms with Crippen LogP contribution in [0.2, 0.25) is 0 Å². The maximum Gasteiger partial charge on any atom is 0.255 e. The second-order valence-electron chi connectivity index (χ2n) is 5.19. The van der Waals surface area contributed by atoms with Crippen molar-refractivity contribution in [1.82, 2.24) is 10.2 Å². The normalized spacial score (nSPS) is 24.2. The van der Waals surface area contributed by atoms with Gasteiger partial charge in [0.05, 0.1) is 5.56 Å². The average molecular weight is 266 g/mol. The Hall–Kier alpha value is -1.62. The van der Waals surface area contributed by atoms with E-state index in [2.05, 4.69) is 24.2 Å². The third-order valence-electron chi connectivity index (χ3n) is 3.75. The maximum atomic E-state index is 13.1. The van der Waals surface area contributed by atoms with Gasteiger partial charge in [-0.05, 0) is 45.0 Å². The van der Waals surface area contributed by atoms with Gasteiger partial charge in [0.2, 0.25) is 0 Å². The molecule has 2 rings (SSSR count). The molecule has 0 spiro atoms. The van der Waals surface area contributed by atoms with Crippen LogP contribution in [0.25, 0.3) is 0 Å². The molecule has 0 saturated carbocycles. The minimum absolute atomic E-state index is 0.00780. The summed E-state index contributed by atoms with van der Waals surface area (Å²) in [6.45, 7) is 3.03. The van der Waals surface area contributed by atoms with Gasteiger partial charge in [0.25, 0.3) is 5.91 Å². The van der Waals surface area contributed by atoms with E-state index < -0.39 is 11.7 Å². The van der Waals surface area contributed by atoms with Crippen molar-refractivity contribution in [2.24, 2.45) is 0 Å². The fourth-order valence-corrected chi connectivity index (χ4v) is 2.37. The molecule has 1 aliphatic rings. The third-order valence-corrected chi connectivity index (χ3v) is 3.75. The van der Waals surface area contributed by atoms with Crippen LogP contribution in [0.15, 0.2) is 18.2 Å². The number of nitrogens with one attached hydrogen (secondary N) is 1. The number of benzene rings is 1. The highest BCUT2D eigenvalue weighted by atomic mass is 19.1. The number of phenols is 1. The predicted octanol–water partition coefficient (Wildman–Crippen LogP) is 1.74. The van der Waals surface area contributed by atoms with Gasteiger partial charge in [0, 0.05) is 18.6 Å². The predicted molar refractivity (Wildman–Crippen MR) is 70.6 cm³/mol. The van der Waals surface area contributed by atoms with E-state index in [0.29, 0.717) is 6.04 Å². The molecule has 19 heavy (non-hydrogen) atoms. The first-order valence-corrected chi connectivity index (χ1v) is 6.47. The van der Waals surface area contributed by atoms with Crippen LogP contribution in [0.4, 0.5) is 4.39 Å². The van der Waals surface area contributed by atoms with Crippen molar-refractivity contribution in [3.05, 3.63) is 29.6 Å². The molecule has 4 nitrogen and oxygen atoms in total. The zero-order valence-electron chi connectivity index (χ0n) is 11.2. The molecular formula is C14H19FN2O2. The fourth-order valence-electron chi connectivity index (χ4n) is 2.37.